The molecular formula is C39H58F3N5O9S. The Labute approximate surface area is 334 Å². The van der Waals surface area contributed by atoms with Gasteiger partial charge < -0.3 is 30.2 Å². The van der Waals surface area contributed by atoms with E-state index in [0.717, 1.165) is 43.9 Å². The largest absolute Gasteiger partial charge is 0.494 e. The topological polar surface area (TPSA) is 196 Å². The summed E-state index contributed by atoms with van der Waals surface area (Å²) in [6.45, 7) is 7.46. The minimum Gasteiger partial charge on any atom is -0.494 e. The highest BCUT2D eigenvalue weighted by Gasteiger charge is 2.63. The molecule has 6 rings (SSSR count). The smallest absolute Gasteiger partial charge is 0.427 e. The number of alkyl halides is 3. The van der Waals surface area contributed by atoms with Crippen molar-refractivity contribution in [3.8, 4) is 11.6 Å². The Hall–Kier alpha value is -4.61. The normalized spacial score (nSPS) is 28.2. The Morgan fingerprint density at radius 1 is 1.09 bits per heavy atom. The van der Waals surface area contributed by atoms with Crippen molar-refractivity contribution < 1.29 is 59.3 Å². The van der Waals surface area contributed by atoms with Crippen molar-refractivity contribution in [3.63, 3.8) is 0 Å². The van der Waals surface area contributed by atoms with Gasteiger partial charge in [0.15, 0.2) is 0 Å². The van der Waals surface area contributed by atoms with E-state index in [1.54, 1.807) is 25.1 Å². The van der Waals surface area contributed by atoms with Crippen LogP contribution in [0.1, 0.15) is 90.3 Å². The summed E-state index contributed by atoms with van der Waals surface area (Å²) in [5, 5.41) is 4.50. The summed E-state index contributed by atoms with van der Waals surface area (Å²) in [5.74, 6) is -0.250. The fourth-order valence-electron chi connectivity index (χ4n) is 7.28. The highest BCUT2D eigenvalue weighted by atomic mass is 32.2. The second-order valence-electron chi connectivity index (χ2n) is 16.5. The number of allylic oxidation sites excluding steroid dienone is 1. The number of nitrogens with two attached hydrogens (primary N) is 1. The van der Waals surface area contributed by atoms with Gasteiger partial charge in [-0.05, 0) is 77.2 Å². The zero-order valence-corrected chi connectivity index (χ0v) is 33.8. The van der Waals surface area contributed by atoms with Crippen LogP contribution in [-0.2, 0) is 29.1 Å². The Kier molecular flexibility index (Phi) is 12.5. The molecule has 1 saturated heterocycles. The summed E-state index contributed by atoms with van der Waals surface area (Å²) in [6.07, 6.45) is 3.27. The van der Waals surface area contributed by atoms with Gasteiger partial charge in [0, 0.05) is 33.8 Å². The summed E-state index contributed by atoms with van der Waals surface area (Å²) in [4.78, 5) is 57.5. The number of nitrogens with zero attached hydrogens (tertiary/aromatic N) is 2. The number of rotatable bonds is 7. The fourth-order valence-corrected chi connectivity index (χ4v) is 8.59. The molecule has 4 aliphatic rings. The number of halogens is 3. The van der Waals surface area contributed by atoms with Crippen molar-refractivity contribution in [2.45, 2.75) is 120 Å². The average molecular weight is 830 g/mol. The number of nitrogens with one attached hydrogen (secondary N) is 2. The third-order valence-corrected chi connectivity index (χ3v) is 13.4. The van der Waals surface area contributed by atoms with Gasteiger partial charge in [0.25, 0.3) is 5.91 Å². The molecule has 0 spiro atoms. The van der Waals surface area contributed by atoms with Gasteiger partial charge >= 0.3 is 12.3 Å². The highest BCUT2D eigenvalue weighted by Crippen LogP contribution is 2.47. The van der Waals surface area contributed by atoms with E-state index in [0.29, 0.717) is 30.4 Å². The molecule has 4 amide bonds. The summed E-state index contributed by atoms with van der Waals surface area (Å²) in [7, 11) is -2.34. The minimum atomic E-state index is -4.60. The van der Waals surface area contributed by atoms with Gasteiger partial charge in [0.1, 0.15) is 23.4 Å². The second-order valence-corrected chi connectivity index (χ2v) is 18.7. The summed E-state index contributed by atoms with van der Waals surface area (Å²) in [5.41, 5.74) is 0.489. The third-order valence-electron chi connectivity index (χ3n) is 11.3. The Bertz CT molecular complexity index is 2020. The molecule has 2 aliphatic heterocycles. The van der Waals surface area contributed by atoms with Crippen LogP contribution in [0.2, 0.25) is 0 Å². The molecule has 2 saturated carbocycles. The number of aromatic nitrogens is 1. The molecule has 3 heterocycles. The van der Waals surface area contributed by atoms with E-state index in [4.69, 9.17) is 9.47 Å². The molecule has 4 N–H and O–H groups in total. The average Bonchev–Trinajstić information content (AvgIpc) is 3.99. The molecule has 1 aromatic carbocycles. The Morgan fingerprint density at radius 2 is 1.75 bits per heavy atom. The molecule has 6 atom stereocenters. The number of hydrogen-bond acceptors (Lipinski definition) is 10. The second kappa shape index (κ2) is 16.3. The minimum absolute atomic E-state index is 0. The molecular weight excluding hydrogens is 772 g/mol. The summed E-state index contributed by atoms with van der Waals surface area (Å²) in [6, 6.07) is 6.67. The first-order valence-electron chi connectivity index (χ1n) is 19.0. The van der Waals surface area contributed by atoms with Crippen LogP contribution < -0.4 is 25.2 Å². The number of benzene rings is 1. The van der Waals surface area contributed by atoms with Gasteiger partial charge in [-0.1, -0.05) is 44.2 Å². The SMILES string of the molecule is CC(C)(OC(N)=O)C(F)(F)F.COc1cnc(O[C@@H]2C[C@H]3C(=O)N[C@]4(C(=O)NS(=O)(=O)C5(C)CC5)C[C@H]4/C=C\CC[C@@H](C)C[C@@H](C)CC(=O)N3C2)c2ccccc12.[HH].[HH].[HH]. The van der Waals surface area contributed by atoms with Crippen molar-refractivity contribution in [2.75, 3.05) is 13.7 Å². The van der Waals surface area contributed by atoms with Crippen molar-refractivity contribution >= 4 is 44.6 Å². The van der Waals surface area contributed by atoms with E-state index in [9.17, 15) is 40.8 Å². The van der Waals surface area contributed by atoms with E-state index < -0.39 is 62.1 Å². The number of pyridine rings is 1. The lowest BCUT2D eigenvalue weighted by Gasteiger charge is -2.28. The molecule has 2 aromatic rings. The van der Waals surface area contributed by atoms with Crippen LogP contribution in [0.3, 0.4) is 0 Å². The van der Waals surface area contributed by atoms with Crippen LogP contribution in [0.4, 0.5) is 18.0 Å². The molecule has 18 heteroatoms. The summed E-state index contributed by atoms with van der Waals surface area (Å²) < 4.78 is 78.6. The van der Waals surface area contributed by atoms with Crippen LogP contribution in [0.5, 0.6) is 11.6 Å². The van der Waals surface area contributed by atoms with E-state index in [-0.39, 0.29) is 47.8 Å². The lowest BCUT2D eigenvalue weighted by molar-refractivity contribution is -0.243. The van der Waals surface area contributed by atoms with Gasteiger partial charge in [-0.3, -0.25) is 19.1 Å². The van der Waals surface area contributed by atoms with Gasteiger partial charge in [-0.25, -0.2) is 18.2 Å². The quantitative estimate of drug-likeness (QED) is 0.277. The maximum absolute atomic E-state index is 14.1. The van der Waals surface area contributed by atoms with Gasteiger partial charge in [-0.2, -0.15) is 13.2 Å². The number of carbonyl (C=O) groups is 4. The standard InChI is InChI=1S/C34H44N4O7S.C5H8F3NO2.3H2/c1-21-9-5-6-10-23-18-34(23,32(41)37-46(42,43)33(3)13-14-33)36-30(40)27-17-24(20-38(27)29(39)16-22(2)15-21)45-31-26-12-8-7-11-25(26)28(44-4)19-35-31;1-4(2,5(6,7)8)11-3(9)10;;;/h6-8,10-12,19,21-24,27H,5,9,13-18,20H2,1-4H3,(H,36,40)(H,37,41);1-2H3,(H2,9,10);3*1H/b10-6-;;;;/t21-,22-,23-,24-,27+,34-;;;;/m1..../s1. The zero-order chi connectivity index (χ0) is 42.1. The van der Waals surface area contributed by atoms with Crippen LogP contribution in [0.25, 0.3) is 10.8 Å². The van der Waals surface area contributed by atoms with Crippen molar-refractivity contribution in [2.24, 2.45) is 23.5 Å². The monoisotopic (exact) mass is 829 g/mol. The molecule has 0 unspecified atom stereocenters. The number of primary amides is 1. The maximum Gasteiger partial charge on any atom is 0.427 e. The number of amides is 4. The predicted octanol–water partition coefficient (Wildman–Crippen LogP) is 6.03. The van der Waals surface area contributed by atoms with E-state index >= 15 is 0 Å². The Balaban J connectivity index is 0.000000782. The fraction of sp³-hybridized carbons (Fsp3) is 0.615. The molecule has 0 radical (unpaired) electrons. The van der Waals surface area contributed by atoms with Crippen LogP contribution in [0, 0.1) is 17.8 Å². The highest BCUT2D eigenvalue weighted by molar-refractivity contribution is 7.91. The van der Waals surface area contributed by atoms with Crippen molar-refractivity contribution in [1.82, 2.24) is 19.9 Å². The lowest BCUT2D eigenvalue weighted by atomic mass is 9.91. The van der Waals surface area contributed by atoms with Gasteiger partial charge in [-0.15, -0.1) is 0 Å². The van der Waals surface area contributed by atoms with Crippen molar-refractivity contribution in [1.29, 1.82) is 0 Å². The van der Waals surface area contributed by atoms with Crippen LogP contribution in [0.15, 0.2) is 42.6 Å². The van der Waals surface area contributed by atoms with E-state index in [1.807, 2.05) is 36.4 Å². The number of carbonyl (C=O) groups excluding carboxylic acids is 4. The molecule has 3 fully saturated rings. The zero-order valence-electron chi connectivity index (χ0n) is 33.0. The van der Waals surface area contributed by atoms with Crippen LogP contribution in [-0.4, -0.2) is 90.0 Å². The first-order chi connectivity index (χ1) is 26.5. The summed E-state index contributed by atoms with van der Waals surface area (Å²) >= 11 is 0. The first-order valence-corrected chi connectivity index (χ1v) is 20.5. The predicted molar refractivity (Wildman–Crippen MR) is 210 cm³/mol. The molecule has 14 nitrogen and oxygen atoms in total. The first kappa shape index (κ1) is 43.5. The van der Waals surface area contributed by atoms with E-state index in [2.05, 4.69) is 39.3 Å². The Morgan fingerprint density at radius 3 is 2.35 bits per heavy atom. The number of fused-ring (bicyclic) bond motifs is 3. The molecule has 57 heavy (non-hydrogen) atoms. The number of methoxy groups -OCH3 is 1. The van der Waals surface area contributed by atoms with E-state index in [1.165, 1.54) is 0 Å². The third kappa shape index (κ3) is 9.75. The molecule has 0 bridgehead atoms. The van der Waals surface area contributed by atoms with Gasteiger partial charge in [0.05, 0.1) is 24.6 Å². The lowest BCUT2D eigenvalue weighted by Crippen LogP contribution is -2.57. The van der Waals surface area contributed by atoms with Crippen LogP contribution >= 0.6 is 0 Å². The molecule has 2 aliphatic carbocycles. The molecule has 1 aromatic heterocycles. The van der Waals surface area contributed by atoms with Crippen molar-refractivity contribution in [3.05, 3.63) is 42.6 Å². The maximum atomic E-state index is 14.1. The van der Waals surface area contributed by atoms with Gasteiger partial charge in [0.2, 0.25) is 33.3 Å². The molecule has 320 valence electrons. The number of sulfonamides is 1. The number of hydrogen-bond donors (Lipinski definition) is 3. The number of ether oxygens (including phenoxy) is 3.